The highest BCUT2D eigenvalue weighted by Crippen LogP contribution is 2.27. The number of halogens is 2. The molecule has 0 atom stereocenters. The fourth-order valence-electron chi connectivity index (χ4n) is 1.76. The molecule has 0 bridgehead atoms. The average Bonchev–Trinajstić information content (AvgIpc) is 2.72. The van der Waals surface area contributed by atoms with E-state index >= 15 is 0 Å². The number of nitrogens with zero attached hydrogens (tertiary/aromatic N) is 2. The van der Waals surface area contributed by atoms with Crippen molar-refractivity contribution in [3.8, 4) is 11.3 Å². The van der Waals surface area contributed by atoms with Crippen molar-refractivity contribution in [3.63, 3.8) is 0 Å². The Hall–Kier alpha value is -1.13. The van der Waals surface area contributed by atoms with Gasteiger partial charge >= 0.3 is 0 Å². The lowest BCUT2D eigenvalue weighted by Crippen LogP contribution is -1.80. The quantitative estimate of drug-likeness (QED) is 0.629. The smallest absolute Gasteiger partial charge is 0.137 e. The van der Waals surface area contributed by atoms with Gasteiger partial charge in [-0.15, -0.1) is 0 Å². The second-order valence-corrected chi connectivity index (χ2v) is 5.49. The topological polar surface area (TPSA) is 17.3 Å². The van der Waals surface area contributed by atoms with E-state index in [4.69, 9.17) is 0 Å². The highest BCUT2D eigenvalue weighted by Gasteiger charge is 2.07. The molecule has 84 valence electrons. The maximum Gasteiger partial charge on any atom is 0.137 e. The molecule has 0 saturated heterocycles. The SMILES string of the molecule is Brc1ccc2nc(-c3ccccc3Br)cn2c1. The lowest BCUT2D eigenvalue weighted by atomic mass is 10.2. The molecule has 2 nitrogen and oxygen atoms in total. The normalized spacial score (nSPS) is 10.9. The first-order valence-electron chi connectivity index (χ1n) is 5.13. The van der Waals surface area contributed by atoms with Gasteiger partial charge in [0.25, 0.3) is 0 Å². The lowest BCUT2D eigenvalue weighted by Gasteiger charge is -1.98. The minimum absolute atomic E-state index is 0.943. The molecule has 0 radical (unpaired) electrons. The Kier molecular flexibility index (Phi) is 2.76. The number of hydrogen-bond donors (Lipinski definition) is 0. The van der Waals surface area contributed by atoms with Crippen LogP contribution >= 0.6 is 31.9 Å². The molecule has 0 spiro atoms. The van der Waals surface area contributed by atoms with Gasteiger partial charge in [0.2, 0.25) is 0 Å². The van der Waals surface area contributed by atoms with Crippen molar-refractivity contribution < 1.29 is 0 Å². The van der Waals surface area contributed by atoms with Gasteiger partial charge in [0.15, 0.2) is 0 Å². The standard InChI is InChI=1S/C13H8Br2N2/c14-9-5-6-13-16-12(8-17(13)7-9)10-3-1-2-4-11(10)15/h1-8H. The molecule has 3 aromatic rings. The highest BCUT2D eigenvalue weighted by atomic mass is 79.9. The third-order valence-corrected chi connectivity index (χ3v) is 3.73. The van der Waals surface area contributed by atoms with Crippen LogP contribution in [0.15, 0.2) is 57.7 Å². The minimum atomic E-state index is 0.943. The van der Waals surface area contributed by atoms with Crippen LogP contribution in [-0.2, 0) is 0 Å². The first-order chi connectivity index (χ1) is 8.24. The van der Waals surface area contributed by atoms with Crippen molar-refractivity contribution in [1.82, 2.24) is 9.38 Å². The number of imidazole rings is 1. The molecule has 0 N–H and O–H groups in total. The van der Waals surface area contributed by atoms with Gasteiger partial charge in [0, 0.05) is 26.9 Å². The molecule has 17 heavy (non-hydrogen) atoms. The summed E-state index contributed by atoms with van der Waals surface area (Å²) in [6, 6.07) is 12.1. The average molecular weight is 352 g/mol. The summed E-state index contributed by atoms with van der Waals surface area (Å²) in [5, 5.41) is 0. The molecule has 4 heteroatoms. The molecule has 0 fully saturated rings. The van der Waals surface area contributed by atoms with E-state index in [0.717, 1.165) is 25.8 Å². The highest BCUT2D eigenvalue weighted by molar-refractivity contribution is 9.10. The summed E-state index contributed by atoms with van der Waals surface area (Å²) in [7, 11) is 0. The van der Waals surface area contributed by atoms with E-state index in [-0.39, 0.29) is 0 Å². The third kappa shape index (κ3) is 2.03. The molecular formula is C13H8Br2N2. The number of pyridine rings is 1. The minimum Gasteiger partial charge on any atom is -0.305 e. The lowest BCUT2D eigenvalue weighted by molar-refractivity contribution is 1.17. The number of benzene rings is 1. The van der Waals surface area contributed by atoms with Gasteiger partial charge in [-0.3, -0.25) is 0 Å². The van der Waals surface area contributed by atoms with Crippen molar-refractivity contribution >= 4 is 37.5 Å². The Balaban J connectivity index is 2.22. The van der Waals surface area contributed by atoms with Crippen molar-refractivity contribution in [2.75, 3.05) is 0 Å². The van der Waals surface area contributed by atoms with Crippen LogP contribution in [0.4, 0.5) is 0 Å². The van der Waals surface area contributed by atoms with Gasteiger partial charge in [-0.25, -0.2) is 4.98 Å². The molecular weight excluding hydrogens is 344 g/mol. The molecule has 2 aromatic heterocycles. The van der Waals surface area contributed by atoms with Crippen molar-refractivity contribution in [2.24, 2.45) is 0 Å². The predicted octanol–water partition coefficient (Wildman–Crippen LogP) is 4.53. The molecule has 0 saturated carbocycles. The molecule has 0 amide bonds. The number of rotatable bonds is 1. The van der Waals surface area contributed by atoms with Gasteiger partial charge in [0.05, 0.1) is 5.69 Å². The van der Waals surface area contributed by atoms with E-state index in [9.17, 15) is 0 Å². The maximum atomic E-state index is 4.60. The Morgan fingerprint density at radius 2 is 1.76 bits per heavy atom. The summed E-state index contributed by atoms with van der Waals surface area (Å²) in [6.07, 6.45) is 4.03. The van der Waals surface area contributed by atoms with Crippen molar-refractivity contribution in [3.05, 3.63) is 57.7 Å². The predicted molar refractivity (Wildman–Crippen MR) is 76.0 cm³/mol. The van der Waals surface area contributed by atoms with E-state index in [0.29, 0.717) is 0 Å². The molecule has 0 unspecified atom stereocenters. The Morgan fingerprint density at radius 1 is 0.941 bits per heavy atom. The zero-order valence-corrected chi connectivity index (χ0v) is 11.9. The maximum absolute atomic E-state index is 4.60. The number of fused-ring (bicyclic) bond motifs is 1. The van der Waals surface area contributed by atoms with Gasteiger partial charge in [-0.2, -0.15) is 0 Å². The van der Waals surface area contributed by atoms with E-state index < -0.39 is 0 Å². The van der Waals surface area contributed by atoms with Crippen LogP contribution in [0.5, 0.6) is 0 Å². The molecule has 2 heterocycles. The fourth-order valence-corrected chi connectivity index (χ4v) is 2.60. The van der Waals surface area contributed by atoms with E-state index in [1.54, 1.807) is 0 Å². The first kappa shape index (κ1) is 11.0. The second-order valence-electron chi connectivity index (χ2n) is 3.72. The molecule has 1 aromatic carbocycles. The summed E-state index contributed by atoms with van der Waals surface area (Å²) in [4.78, 5) is 4.60. The van der Waals surface area contributed by atoms with Crippen LogP contribution in [0.25, 0.3) is 16.9 Å². The van der Waals surface area contributed by atoms with Crippen LogP contribution in [-0.4, -0.2) is 9.38 Å². The van der Waals surface area contributed by atoms with Gasteiger partial charge in [0.1, 0.15) is 5.65 Å². The first-order valence-corrected chi connectivity index (χ1v) is 6.72. The van der Waals surface area contributed by atoms with Gasteiger partial charge in [-0.1, -0.05) is 34.1 Å². The van der Waals surface area contributed by atoms with Crippen LogP contribution < -0.4 is 0 Å². The van der Waals surface area contributed by atoms with E-state index in [2.05, 4.69) is 42.9 Å². The Bertz CT molecular complexity index is 689. The Labute approximate surface area is 116 Å². The zero-order valence-electron chi connectivity index (χ0n) is 8.77. The zero-order chi connectivity index (χ0) is 11.8. The summed E-state index contributed by atoms with van der Waals surface area (Å²) in [6.45, 7) is 0. The number of hydrogen-bond acceptors (Lipinski definition) is 1. The van der Waals surface area contributed by atoms with Crippen LogP contribution in [0.1, 0.15) is 0 Å². The molecule has 3 rings (SSSR count). The summed E-state index contributed by atoms with van der Waals surface area (Å²) >= 11 is 7.00. The second kappa shape index (κ2) is 4.27. The van der Waals surface area contributed by atoms with Crippen LogP contribution in [0.2, 0.25) is 0 Å². The molecule has 0 aliphatic rings. The van der Waals surface area contributed by atoms with Gasteiger partial charge < -0.3 is 4.40 Å². The van der Waals surface area contributed by atoms with Crippen molar-refractivity contribution in [1.29, 1.82) is 0 Å². The summed E-state index contributed by atoms with van der Waals surface area (Å²) in [5.41, 5.74) is 3.02. The molecule has 0 aliphatic carbocycles. The number of aromatic nitrogens is 2. The largest absolute Gasteiger partial charge is 0.305 e. The fraction of sp³-hybridized carbons (Fsp3) is 0. The summed E-state index contributed by atoms with van der Waals surface area (Å²) in [5.74, 6) is 0. The van der Waals surface area contributed by atoms with Crippen LogP contribution in [0, 0.1) is 0 Å². The molecule has 0 aliphatic heterocycles. The third-order valence-electron chi connectivity index (χ3n) is 2.56. The monoisotopic (exact) mass is 350 g/mol. The van der Waals surface area contributed by atoms with E-state index in [1.807, 2.05) is 47.1 Å². The van der Waals surface area contributed by atoms with Crippen molar-refractivity contribution in [2.45, 2.75) is 0 Å². The van der Waals surface area contributed by atoms with E-state index in [1.165, 1.54) is 0 Å². The van der Waals surface area contributed by atoms with Crippen LogP contribution in [0.3, 0.4) is 0 Å². The van der Waals surface area contributed by atoms with Gasteiger partial charge in [-0.05, 0) is 34.1 Å². The summed E-state index contributed by atoms with van der Waals surface area (Å²) < 4.78 is 4.11. The Morgan fingerprint density at radius 3 is 2.59 bits per heavy atom.